The largest absolute Gasteiger partial charge is 0.491 e. The Labute approximate surface area is 156 Å². The number of urea groups is 1. The van der Waals surface area contributed by atoms with Crippen LogP contribution in [0.25, 0.3) is 0 Å². The van der Waals surface area contributed by atoms with Crippen molar-refractivity contribution in [3.63, 3.8) is 0 Å². The first-order valence-corrected chi connectivity index (χ1v) is 8.48. The van der Waals surface area contributed by atoms with Crippen molar-refractivity contribution in [1.29, 1.82) is 0 Å². The average molecular weight is 371 g/mol. The summed E-state index contributed by atoms with van der Waals surface area (Å²) in [4.78, 5) is 23.9. The van der Waals surface area contributed by atoms with Gasteiger partial charge in [-0.2, -0.15) is 0 Å². The van der Waals surface area contributed by atoms with Crippen molar-refractivity contribution in [1.82, 2.24) is 5.32 Å². The van der Waals surface area contributed by atoms with Crippen LogP contribution in [0.3, 0.4) is 0 Å². The Bertz CT molecular complexity index is 811. The Morgan fingerprint density at radius 1 is 1.07 bits per heavy atom. The number of carbonyl (C=O) groups excluding carboxylic acids is 2. The second-order valence-electron chi connectivity index (χ2n) is 5.83. The Morgan fingerprint density at radius 3 is 2.67 bits per heavy atom. The van der Waals surface area contributed by atoms with E-state index in [1.807, 2.05) is 24.3 Å². The molecule has 1 atom stereocenters. The van der Waals surface area contributed by atoms with Gasteiger partial charge in [0.15, 0.2) is 0 Å². The van der Waals surface area contributed by atoms with Crippen molar-refractivity contribution in [2.75, 3.05) is 37.6 Å². The van der Waals surface area contributed by atoms with Gasteiger partial charge in [0.2, 0.25) is 0 Å². The van der Waals surface area contributed by atoms with Gasteiger partial charge in [0, 0.05) is 24.0 Å². The quantitative estimate of drug-likeness (QED) is 0.678. The minimum absolute atomic E-state index is 0.160. The highest BCUT2D eigenvalue weighted by atomic mass is 16.6. The van der Waals surface area contributed by atoms with Crippen LogP contribution < -0.4 is 20.7 Å². The number of anilines is 2. The van der Waals surface area contributed by atoms with E-state index in [2.05, 4.69) is 16.0 Å². The molecule has 0 bridgehead atoms. The molecule has 0 saturated heterocycles. The van der Waals surface area contributed by atoms with Gasteiger partial charge < -0.3 is 24.8 Å². The summed E-state index contributed by atoms with van der Waals surface area (Å²) in [6.45, 7) is 0.873. The molecule has 3 amide bonds. The number of fused-ring (bicyclic) bond motifs is 1. The van der Waals surface area contributed by atoms with Gasteiger partial charge in [-0.15, -0.1) is 0 Å². The maximum absolute atomic E-state index is 12.3. The third kappa shape index (κ3) is 5.11. The fourth-order valence-corrected chi connectivity index (χ4v) is 2.65. The minimum Gasteiger partial charge on any atom is -0.491 e. The minimum atomic E-state index is -0.589. The normalized spacial score (nSPS) is 14.6. The van der Waals surface area contributed by atoms with E-state index in [4.69, 9.17) is 14.2 Å². The summed E-state index contributed by atoms with van der Waals surface area (Å²) in [5.74, 6) is 0.779. The highest BCUT2D eigenvalue weighted by Gasteiger charge is 2.25. The number of amides is 3. The summed E-state index contributed by atoms with van der Waals surface area (Å²) >= 11 is 0. The highest BCUT2D eigenvalue weighted by molar-refractivity contribution is 5.91. The van der Waals surface area contributed by atoms with Gasteiger partial charge in [-0.25, -0.2) is 9.59 Å². The summed E-state index contributed by atoms with van der Waals surface area (Å²) < 4.78 is 15.3. The van der Waals surface area contributed by atoms with E-state index < -0.39 is 6.09 Å². The van der Waals surface area contributed by atoms with Crippen LogP contribution in [-0.4, -0.2) is 39.1 Å². The van der Waals surface area contributed by atoms with E-state index in [-0.39, 0.29) is 18.7 Å². The molecule has 0 unspecified atom stereocenters. The van der Waals surface area contributed by atoms with E-state index in [9.17, 15) is 9.59 Å². The number of hydrogen-bond acceptors (Lipinski definition) is 5. The van der Waals surface area contributed by atoms with E-state index in [0.29, 0.717) is 24.6 Å². The van der Waals surface area contributed by atoms with Crippen LogP contribution in [0.2, 0.25) is 0 Å². The number of carbonyl (C=O) groups is 2. The smallest absolute Gasteiger partial charge is 0.411 e. The van der Waals surface area contributed by atoms with Crippen molar-refractivity contribution in [2.45, 2.75) is 6.04 Å². The molecule has 2 aromatic rings. The average Bonchev–Trinajstić information content (AvgIpc) is 3.05. The van der Waals surface area contributed by atoms with E-state index in [0.717, 1.165) is 11.3 Å². The van der Waals surface area contributed by atoms with Crippen molar-refractivity contribution < 1.29 is 23.8 Å². The van der Waals surface area contributed by atoms with Gasteiger partial charge in [0.25, 0.3) is 0 Å². The Morgan fingerprint density at radius 2 is 1.85 bits per heavy atom. The second-order valence-corrected chi connectivity index (χ2v) is 5.83. The standard InChI is InChI=1S/C19H21N3O5/c1-25-9-10-26-19(24)21-14-6-4-5-13(11-14)20-18(23)22-16-12-27-17-8-3-2-7-15(16)17/h2-8,11,16H,9-10,12H2,1H3,(H,21,24)(H2,20,22,23)/t16-/m1/s1. The number of para-hydroxylation sites is 1. The summed E-state index contributed by atoms with van der Waals surface area (Å²) in [6, 6.07) is 13.8. The fraction of sp³-hybridized carbons (Fsp3) is 0.263. The van der Waals surface area contributed by atoms with E-state index >= 15 is 0 Å². The molecule has 27 heavy (non-hydrogen) atoms. The first-order valence-electron chi connectivity index (χ1n) is 8.48. The molecule has 8 nitrogen and oxygen atoms in total. The van der Waals surface area contributed by atoms with Crippen molar-refractivity contribution in [2.24, 2.45) is 0 Å². The lowest BCUT2D eigenvalue weighted by atomic mass is 10.1. The number of rotatable bonds is 6. The zero-order valence-electron chi connectivity index (χ0n) is 14.9. The zero-order valence-corrected chi connectivity index (χ0v) is 14.9. The van der Waals surface area contributed by atoms with Gasteiger partial charge >= 0.3 is 12.1 Å². The molecule has 0 spiro atoms. The summed E-state index contributed by atoms with van der Waals surface area (Å²) in [7, 11) is 1.53. The van der Waals surface area contributed by atoms with Crippen LogP contribution in [0.5, 0.6) is 5.75 Å². The van der Waals surface area contributed by atoms with Crippen LogP contribution in [0, 0.1) is 0 Å². The molecule has 142 valence electrons. The topological polar surface area (TPSA) is 97.9 Å². The molecular weight excluding hydrogens is 350 g/mol. The molecule has 0 saturated carbocycles. The third-order valence-corrected chi connectivity index (χ3v) is 3.89. The number of nitrogens with one attached hydrogen (secondary N) is 3. The van der Waals surface area contributed by atoms with Gasteiger partial charge in [-0.05, 0) is 24.3 Å². The van der Waals surface area contributed by atoms with Gasteiger partial charge in [-0.1, -0.05) is 24.3 Å². The number of hydrogen-bond donors (Lipinski definition) is 3. The van der Waals surface area contributed by atoms with E-state index in [1.54, 1.807) is 24.3 Å². The van der Waals surface area contributed by atoms with Crippen molar-refractivity contribution >= 4 is 23.5 Å². The molecule has 8 heteroatoms. The predicted molar refractivity (Wildman–Crippen MR) is 100 cm³/mol. The van der Waals surface area contributed by atoms with Crippen LogP contribution in [-0.2, 0) is 9.47 Å². The van der Waals surface area contributed by atoms with Crippen LogP contribution in [0.15, 0.2) is 48.5 Å². The molecule has 0 radical (unpaired) electrons. The summed E-state index contributed by atoms with van der Waals surface area (Å²) in [6.07, 6.45) is -0.589. The molecule has 1 heterocycles. The first-order chi connectivity index (χ1) is 13.2. The fourth-order valence-electron chi connectivity index (χ4n) is 2.65. The van der Waals surface area contributed by atoms with Crippen LogP contribution in [0.4, 0.5) is 21.0 Å². The lowest BCUT2D eigenvalue weighted by molar-refractivity contribution is 0.107. The zero-order chi connectivity index (χ0) is 19.1. The first kappa shape index (κ1) is 18.5. The maximum atomic E-state index is 12.3. The molecule has 0 aromatic heterocycles. The Kier molecular flexibility index (Phi) is 6.11. The van der Waals surface area contributed by atoms with Gasteiger partial charge in [-0.3, -0.25) is 5.32 Å². The summed E-state index contributed by atoms with van der Waals surface area (Å²) in [5.41, 5.74) is 1.99. The number of ether oxygens (including phenoxy) is 3. The van der Waals surface area contributed by atoms with Crippen LogP contribution in [0.1, 0.15) is 11.6 Å². The van der Waals surface area contributed by atoms with Crippen LogP contribution >= 0.6 is 0 Å². The molecule has 3 N–H and O–H groups in total. The molecule has 0 aliphatic carbocycles. The lowest BCUT2D eigenvalue weighted by Gasteiger charge is -2.13. The number of methoxy groups -OCH3 is 1. The van der Waals surface area contributed by atoms with Crippen molar-refractivity contribution in [3.05, 3.63) is 54.1 Å². The lowest BCUT2D eigenvalue weighted by Crippen LogP contribution is -2.33. The molecule has 0 fully saturated rings. The highest BCUT2D eigenvalue weighted by Crippen LogP contribution is 2.31. The van der Waals surface area contributed by atoms with E-state index in [1.165, 1.54) is 7.11 Å². The molecule has 1 aliphatic heterocycles. The molecule has 2 aromatic carbocycles. The monoisotopic (exact) mass is 371 g/mol. The number of benzene rings is 2. The maximum Gasteiger partial charge on any atom is 0.411 e. The van der Waals surface area contributed by atoms with Gasteiger partial charge in [0.05, 0.1) is 12.6 Å². The Hall–Kier alpha value is -3.26. The molecule has 3 rings (SSSR count). The Balaban J connectivity index is 1.53. The molecule has 1 aliphatic rings. The predicted octanol–water partition coefficient (Wildman–Crippen LogP) is 3.14. The second kappa shape index (κ2) is 8.91. The summed E-state index contributed by atoms with van der Waals surface area (Å²) in [5, 5.41) is 8.22. The molecular formula is C19H21N3O5. The SMILES string of the molecule is COCCOC(=O)Nc1cccc(NC(=O)N[C@@H]2COc3ccccc32)c1. The van der Waals surface area contributed by atoms with Crippen molar-refractivity contribution in [3.8, 4) is 5.75 Å². The third-order valence-electron chi connectivity index (χ3n) is 3.89. The van der Waals surface area contributed by atoms with Gasteiger partial charge in [0.1, 0.15) is 19.0 Å².